The van der Waals surface area contributed by atoms with Crippen molar-refractivity contribution in [1.82, 2.24) is 0 Å². The number of aryl methyl sites for hydroxylation is 1. The fourth-order valence-corrected chi connectivity index (χ4v) is 3.11. The number of nitrogens with two attached hydrogens (primary N) is 1. The molecule has 0 saturated carbocycles. The van der Waals surface area contributed by atoms with Gasteiger partial charge in [0.05, 0.1) is 32.1 Å². The highest BCUT2D eigenvalue weighted by molar-refractivity contribution is 8.13. The molecule has 0 aromatic heterocycles. The lowest BCUT2D eigenvalue weighted by Crippen LogP contribution is -3.06. The molecule has 1 aromatic rings. The highest BCUT2D eigenvalue weighted by atomic mass is 35.5. The van der Waals surface area contributed by atoms with E-state index >= 15 is 0 Å². The molecule has 3 rings (SSSR count). The van der Waals surface area contributed by atoms with Gasteiger partial charge in [0, 0.05) is 5.56 Å². The summed E-state index contributed by atoms with van der Waals surface area (Å²) in [5.41, 5.74) is 6.07. The number of aliphatic imine (C=N–C) groups is 2. The molecule has 0 unspecified atom stereocenters. The SMILES string of the molecule is Cc1ccc2c(c1)C1=N[NH2+]C(SCC[NH+](C)C)=NC1=N2.[Cl-].[Cl-]. The van der Waals surface area contributed by atoms with E-state index in [1.54, 1.807) is 11.8 Å². The van der Waals surface area contributed by atoms with Gasteiger partial charge in [-0.3, -0.25) is 0 Å². The summed E-state index contributed by atoms with van der Waals surface area (Å²) in [6.45, 7) is 3.19. The lowest BCUT2D eigenvalue weighted by molar-refractivity contribution is -0.855. The lowest BCUT2D eigenvalue weighted by atomic mass is 10.1. The molecule has 120 valence electrons. The monoisotopic (exact) mass is 359 g/mol. The highest BCUT2D eigenvalue weighted by Crippen LogP contribution is 2.28. The molecule has 5 nitrogen and oxygen atoms in total. The third-order valence-electron chi connectivity index (χ3n) is 3.22. The van der Waals surface area contributed by atoms with E-state index in [0.29, 0.717) is 0 Å². The van der Waals surface area contributed by atoms with Gasteiger partial charge in [-0.1, -0.05) is 16.7 Å². The van der Waals surface area contributed by atoms with Gasteiger partial charge in [-0.05, 0) is 30.8 Å². The molecule has 2 aliphatic rings. The van der Waals surface area contributed by atoms with Crippen LogP contribution in [-0.2, 0) is 0 Å². The van der Waals surface area contributed by atoms with E-state index in [9.17, 15) is 0 Å². The second-order valence-corrected chi connectivity index (χ2v) is 6.43. The van der Waals surface area contributed by atoms with Gasteiger partial charge in [0.1, 0.15) is 0 Å². The van der Waals surface area contributed by atoms with Gasteiger partial charge < -0.3 is 29.7 Å². The Morgan fingerprint density at radius 3 is 2.68 bits per heavy atom. The van der Waals surface area contributed by atoms with E-state index < -0.39 is 0 Å². The molecule has 1 aromatic carbocycles. The minimum Gasteiger partial charge on any atom is -1.00 e. The van der Waals surface area contributed by atoms with Gasteiger partial charge in [0.15, 0.2) is 11.5 Å². The molecular weight excluding hydrogens is 341 g/mol. The summed E-state index contributed by atoms with van der Waals surface area (Å²) >= 11 is 1.74. The topological polar surface area (TPSA) is 58.1 Å². The Morgan fingerprint density at radius 2 is 1.95 bits per heavy atom. The van der Waals surface area contributed by atoms with Crippen LogP contribution in [-0.4, -0.2) is 43.1 Å². The Morgan fingerprint density at radius 1 is 1.18 bits per heavy atom. The largest absolute Gasteiger partial charge is 1.00 e. The summed E-state index contributed by atoms with van der Waals surface area (Å²) in [4.78, 5) is 10.6. The highest BCUT2D eigenvalue weighted by Gasteiger charge is 2.28. The van der Waals surface area contributed by atoms with Crippen molar-refractivity contribution in [2.24, 2.45) is 15.1 Å². The van der Waals surface area contributed by atoms with Crippen LogP contribution >= 0.6 is 11.8 Å². The second-order valence-electron chi connectivity index (χ2n) is 5.32. The number of rotatable bonds is 3. The minimum atomic E-state index is 0. The minimum absolute atomic E-state index is 0. The Hall–Kier alpha value is -0.920. The summed E-state index contributed by atoms with van der Waals surface area (Å²) in [7, 11) is 4.31. The number of amidine groups is 2. The third-order valence-corrected chi connectivity index (χ3v) is 4.12. The zero-order chi connectivity index (χ0) is 14.1. The summed E-state index contributed by atoms with van der Waals surface area (Å²) in [5.74, 6) is 1.80. The van der Waals surface area contributed by atoms with Crippen molar-refractivity contribution in [2.75, 3.05) is 26.4 Å². The Labute approximate surface area is 147 Å². The van der Waals surface area contributed by atoms with E-state index in [2.05, 4.69) is 48.2 Å². The number of nitrogens with one attached hydrogen (secondary N) is 1. The molecule has 0 bridgehead atoms. The normalized spacial score (nSPS) is 15.0. The van der Waals surface area contributed by atoms with Crippen molar-refractivity contribution < 1.29 is 35.1 Å². The van der Waals surface area contributed by atoms with Crippen LogP contribution < -0.4 is 35.1 Å². The maximum Gasteiger partial charge on any atom is 0.289 e. The van der Waals surface area contributed by atoms with Gasteiger partial charge in [-0.25, -0.2) is 4.99 Å². The van der Waals surface area contributed by atoms with Gasteiger partial charge in [-0.15, -0.1) is 0 Å². The van der Waals surface area contributed by atoms with E-state index in [-0.39, 0.29) is 24.8 Å². The van der Waals surface area contributed by atoms with Crippen LogP contribution in [0.3, 0.4) is 0 Å². The zero-order valence-electron chi connectivity index (χ0n) is 12.7. The number of quaternary nitrogens is 2. The van der Waals surface area contributed by atoms with Crippen molar-refractivity contribution in [3.63, 3.8) is 0 Å². The average Bonchev–Trinajstić information content (AvgIpc) is 2.75. The quantitative estimate of drug-likeness (QED) is 0.518. The zero-order valence-corrected chi connectivity index (χ0v) is 15.1. The van der Waals surface area contributed by atoms with Gasteiger partial charge >= 0.3 is 0 Å². The van der Waals surface area contributed by atoms with E-state index in [1.165, 1.54) is 10.5 Å². The summed E-state index contributed by atoms with van der Waals surface area (Å²) < 4.78 is 0. The molecule has 0 atom stereocenters. The van der Waals surface area contributed by atoms with Crippen LogP contribution in [0.5, 0.6) is 0 Å². The molecule has 22 heavy (non-hydrogen) atoms. The maximum absolute atomic E-state index is 4.62. The number of hydrogen-bond acceptors (Lipinski definition) is 4. The molecule has 2 aliphatic heterocycles. The smallest absolute Gasteiger partial charge is 0.289 e. The molecule has 0 fully saturated rings. The third kappa shape index (κ3) is 4.08. The maximum atomic E-state index is 4.62. The molecule has 0 spiro atoms. The first kappa shape index (κ1) is 19.1. The summed E-state index contributed by atoms with van der Waals surface area (Å²) in [6.07, 6.45) is 0. The van der Waals surface area contributed by atoms with Crippen LogP contribution in [0.4, 0.5) is 5.69 Å². The van der Waals surface area contributed by atoms with E-state index in [0.717, 1.165) is 40.3 Å². The Bertz CT molecular complexity index is 640. The number of thioether (sulfide) groups is 1. The van der Waals surface area contributed by atoms with Crippen molar-refractivity contribution >= 4 is 34.2 Å². The average molecular weight is 360 g/mol. The van der Waals surface area contributed by atoms with Crippen LogP contribution in [0.1, 0.15) is 11.1 Å². The first-order valence-corrected chi connectivity index (χ1v) is 7.73. The molecule has 8 heteroatoms. The fraction of sp³-hybridized carbons (Fsp3) is 0.357. The van der Waals surface area contributed by atoms with E-state index in [1.807, 2.05) is 11.5 Å². The summed E-state index contributed by atoms with van der Waals surface area (Å²) in [6, 6.07) is 6.24. The number of halogens is 2. The molecule has 0 aliphatic carbocycles. The number of hydrogen-bond donors (Lipinski definition) is 2. The van der Waals surface area contributed by atoms with Crippen LogP contribution in [0, 0.1) is 6.92 Å². The molecular formula is C14H19Cl2N5S. The molecule has 2 heterocycles. The Balaban J connectivity index is 0.00000121. The van der Waals surface area contributed by atoms with Crippen molar-refractivity contribution in [2.45, 2.75) is 6.92 Å². The van der Waals surface area contributed by atoms with Gasteiger partial charge in [0.25, 0.3) is 5.17 Å². The molecule has 0 amide bonds. The van der Waals surface area contributed by atoms with Crippen molar-refractivity contribution in [1.29, 1.82) is 0 Å². The first-order valence-electron chi connectivity index (χ1n) is 6.75. The summed E-state index contributed by atoms with van der Waals surface area (Å²) in [5, 5.41) is 5.51. The first-order chi connectivity index (χ1) is 9.63. The van der Waals surface area contributed by atoms with Gasteiger partial charge in [-0.2, -0.15) is 10.4 Å². The van der Waals surface area contributed by atoms with Crippen LogP contribution in [0.15, 0.2) is 33.3 Å². The Kier molecular flexibility index (Phi) is 7.02. The number of nitrogens with zero attached hydrogens (tertiary/aromatic N) is 3. The predicted molar refractivity (Wildman–Crippen MR) is 84.3 cm³/mol. The van der Waals surface area contributed by atoms with Crippen LogP contribution in [0.25, 0.3) is 0 Å². The number of fused-ring (bicyclic) bond motifs is 3. The van der Waals surface area contributed by atoms with Gasteiger partial charge in [0.2, 0.25) is 0 Å². The molecule has 0 saturated heterocycles. The van der Waals surface area contributed by atoms with Crippen LogP contribution in [0.2, 0.25) is 0 Å². The number of benzene rings is 1. The predicted octanol–water partition coefficient (Wildman–Crippen LogP) is -6.44. The second kappa shape index (κ2) is 8.08. The van der Waals surface area contributed by atoms with Crippen molar-refractivity contribution in [3.05, 3.63) is 29.3 Å². The lowest BCUT2D eigenvalue weighted by Gasteiger charge is -2.08. The molecule has 3 N–H and O–H groups in total. The van der Waals surface area contributed by atoms with E-state index in [4.69, 9.17) is 0 Å². The van der Waals surface area contributed by atoms with Crippen molar-refractivity contribution in [3.8, 4) is 0 Å². The standard InChI is InChI=1S/C14H17N5S.2ClH/c1-9-4-5-11-10(8-9)12-13(15-11)16-14(18-17-12)20-7-6-19(2)3;;/h4-5,8H,6-7H2,1-3H3,(H,15,16,18);2*1H. The fourth-order valence-electron chi connectivity index (χ4n) is 2.11. The molecule has 0 radical (unpaired) electrons.